The molecule has 0 spiro atoms. The van der Waals surface area contributed by atoms with E-state index in [1.165, 1.54) is 12.3 Å². The number of benzene rings is 1. The number of rotatable bonds is 5. The van der Waals surface area contributed by atoms with Crippen molar-refractivity contribution in [2.24, 2.45) is 11.3 Å². The van der Waals surface area contributed by atoms with Gasteiger partial charge in [-0.25, -0.2) is 4.98 Å². The van der Waals surface area contributed by atoms with Gasteiger partial charge in [-0.1, -0.05) is 63.0 Å². The Bertz CT molecular complexity index is 1040. The quantitative estimate of drug-likeness (QED) is 0.583. The van der Waals surface area contributed by atoms with Crippen molar-refractivity contribution in [1.29, 1.82) is 0 Å². The second kappa shape index (κ2) is 9.49. The van der Waals surface area contributed by atoms with E-state index in [-0.39, 0.29) is 22.4 Å². The van der Waals surface area contributed by atoms with E-state index >= 15 is 0 Å². The summed E-state index contributed by atoms with van der Waals surface area (Å²) in [5.41, 5.74) is -1.14. The Hall–Kier alpha value is -2.35. The predicted octanol–water partition coefficient (Wildman–Crippen LogP) is 3.99. The van der Waals surface area contributed by atoms with Crippen molar-refractivity contribution in [3.8, 4) is 5.88 Å². The summed E-state index contributed by atoms with van der Waals surface area (Å²) in [6.45, 7) is 8.12. The van der Waals surface area contributed by atoms with E-state index in [9.17, 15) is 19.8 Å². The van der Waals surface area contributed by atoms with Crippen LogP contribution in [0.4, 0.5) is 0 Å². The number of aromatic nitrogens is 1. The van der Waals surface area contributed by atoms with Crippen molar-refractivity contribution < 1.29 is 19.8 Å². The number of carbonyl (C=O) groups excluding carboxylic acids is 2. The molecule has 7 nitrogen and oxygen atoms in total. The van der Waals surface area contributed by atoms with Crippen LogP contribution in [0.5, 0.6) is 5.88 Å². The van der Waals surface area contributed by atoms with Gasteiger partial charge < -0.3 is 20.4 Å². The Kier molecular flexibility index (Phi) is 7.27. The minimum atomic E-state index is -1.14. The van der Waals surface area contributed by atoms with Gasteiger partial charge in [-0.15, -0.1) is 0 Å². The van der Waals surface area contributed by atoms with Crippen LogP contribution < -0.4 is 5.32 Å². The number of carbonyl (C=O) groups is 2. The third-order valence-corrected chi connectivity index (χ3v) is 6.84. The minimum Gasteiger partial charge on any atom is -0.493 e. The number of nitrogens with zero attached hydrogens (tertiary/aromatic N) is 2. The van der Waals surface area contributed by atoms with Gasteiger partial charge in [-0.2, -0.15) is 0 Å². The highest BCUT2D eigenvalue weighted by atomic mass is 35.5. The number of nitrogens with one attached hydrogen (secondary N) is 1. The van der Waals surface area contributed by atoms with Crippen LogP contribution >= 0.6 is 23.2 Å². The van der Waals surface area contributed by atoms with Crippen LogP contribution in [0.1, 0.15) is 50.0 Å². The zero-order valence-electron chi connectivity index (χ0n) is 19.1. The van der Waals surface area contributed by atoms with Gasteiger partial charge in [0.1, 0.15) is 11.6 Å². The molecule has 9 heteroatoms. The predicted molar refractivity (Wildman–Crippen MR) is 127 cm³/mol. The molecule has 1 aromatic carbocycles. The molecule has 0 aliphatic carbocycles. The molecule has 2 atom stereocenters. The molecular weight excluding hydrogens is 465 g/mol. The number of piperidine rings is 1. The van der Waals surface area contributed by atoms with Crippen molar-refractivity contribution in [3.63, 3.8) is 0 Å². The molecule has 2 aromatic rings. The SMILES string of the molecule is CC(C)[C@@H](NC(=O)c1cc(Cl)cnc1O)C(=O)N1CC[C@](O)(c2ccc(Cl)cc2)C(C)(C)C1. The maximum absolute atomic E-state index is 13.4. The lowest BCUT2D eigenvalue weighted by atomic mass is 9.66. The Labute approximate surface area is 203 Å². The van der Waals surface area contributed by atoms with Gasteiger partial charge in [0, 0.05) is 29.7 Å². The molecule has 1 aromatic heterocycles. The highest BCUT2D eigenvalue weighted by molar-refractivity contribution is 6.31. The van der Waals surface area contributed by atoms with E-state index < -0.39 is 28.8 Å². The second-order valence-corrected chi connectivity index (χ2v) is 10.4. The first-order chi connectivity index (χ1) is 15.4. The van der Waals surface area contributed by atoms with E-state index in [1.807, 2.05) is 39.8 Å². The van der Waals surface area contributed by atoms with Crippen LogP contribution in [-0.4, -0.2) is 51.0 Å². The fraction of sp³-hybridized carbons (Fsp3) is 0.458. The molecule has 33 heavy (non-hydrogen) atoms. The van der Waals surface area contributed by atoms with E-state index in [0.717, 1.165) is 5.56 Å². The largest absolute Gasteiger partial charge is 0.493 e. The lowest BCUT2D eigenvalue weighted by molar-refractivity contribution is -0.155. The molecule has 2 amide bonds. The number of halogens is 2. The van der Waals surface area contributed by atoms with Crippen molar-refractivity contribution in [1.82, 2.24) is 15.2 Å². The molecule has 3 rings (SSSR count). The second-order valence-electron chi connectivity index (χ2n) is 9.48. The Morgan fingerprint density at radius 1 is 1.15 bits per heavy atom. The molecule has 1 aliphatic heterocycles. The average Bonchev–Trinajstić information content (AvgIpc) is 2.75. The summed E-state index contributed by atoms with van der Waals surface area (Å²) < 4.78 is 0. The molecule has 0 bridgehead atoms. The summed E-state index contributed by atoms with van der Waals surface area (Å²) in [5.74, 6) is -1.56. The molecule has 0 radical (unpaired) electrons. The van der Waals surface area contributed by atoms with Crippen LogP contribution in [0.3, 0.4) is 0 Å². The summed E-state index contributed by atoms with van der Waals surface area (Å²) in [7, 11) is 0. The fourth-order valence-corrected chi connectivity index (χ4v) is 4.58. The Morgan fingerprint density at radius 2 is 1.79 bits per heavy atom. The van der Waals surface area contributed by atoms with Gasteiger partial charge >= 0.3 is 0 Å². The normalized spacial score (nSPS) is 21.0. The fourth-order valence-electron chi connectivity index (χ4n) is 4.30. The van der Waals surface area contributed by atoms with Gasteiger partial charge in [-0.05, 0) is 36.1 Å². The Morgan fingerprint density at radius 3 is 2.36 bits per heavy atom. The molecule has 1 aliphatic rings. The van der Waals surface area contributed by atoms with E-state index in [2.05, 4.69) is 10.3 Å². The summed E-state index contributed by atoms with van der Waals surface area (Å²) in [6.07, 6.45) is 1.57. The number of likely N-dealkylation sites (tertiary alicyclic amines) is 1. The van der Waals surface area contributed by atoms with E-state index in [0.29, 0.717) is 24.5 Å². The maximum Gasteiger partial charge on any atom is 0.257 e. The molecule has 3 N–H and O–H groups in total. The zero-order valence-corrected chi connectivity index (χ0v) is 20.6. The Balaban J connectivity index is 1.79. The molecular formula is C24H29Cl2N3O4. The molecule has 0 saturated carbocycles. The van der Waals surface area contributed by atoms with Crippen molar-refractivity contribution in [2.45, 2.75) is 45.8 Å². The lowest BCUT2D eigenvalue weighted by Crippen LogP contribution is -2.60. The van der Waals surface area contributed by atoms with Crippen molar-refractivity contribution in [2.75, 3.05) is 13.1 Å². The molecule has 2 heterocycles. The third kappa shape index (κ3) is 5.10. The molecule has 0 unspecified atom stereocenters. The van der Waals surface area contributed by atoms with Crippen LogP contribution in [0, 0.1) is 11.3 Å². The van der Waals surface area contributed by atoms with Crippen LogP contribution in [0.2, 0.25) is 10.0 Å². The number of hydrogen-bond donors (Lipinski definition) is 3. The number of hydrogen-bond acceptors (Lipinski definition) is 5. The third-order valence-electron chi connectivity index (χ3n) is 6.38. The summed E-state index contributed by atoms with van der Waals surface area (Å²) in [5, 5.41) is 25.0. The standard InChI is InChI=1S/C24H29Cl2N3O4/c1-14(2)19(28-21(31)18-11-17(26)12-27-20(18)30)22(32)29-10-9-24(33,23(3,4)13-29)15-5-7-16(25)8-6-15/h5-8,11-12,14,19,33H,9-10,13H2,1-4H3,(H,27,30)(H,28,31)/t19-,24+/m1/s1. The molecule has 1 saturated heterocycles. The minimum absolute atomic E-state index is 0.1000. The van der Waals surface area contributed by atoms with Gasteiger partial charge in [0.2, 0.25) is 11.8 Å². The highest BCUT2D eigenvalue weighted by Gasteiger charge is 2.50. The number of aliphatic hydroxyl groups is 1. The van der Waals surface area contributed by atoms with Gasteiger partial charge in [0.25, 0.3) is 5.91 Å². The number of amides is 2. The topological polar surface area (TPSA) is 103 Å². The molecule has 1 fully saturated rings. The highest BCUT2D eigenvalue weighted by Crippen LogP contribution is 2.46. The number of pyridine rings is 1. The van der Waals surface area contributed by atoms with Crippen molar-refractivity contribution >= 4 is 35.0 Å². The van der Waals surface area contributed by atoms with Crippen molar-refractivity contribution in [3.05, 3.63) is 57.7 Å². The van der Waals surface area contributed by atoms with Gasteiger partial charge in [0.05, 0.1) is 10.6 Å². The zero-order chi connectivity index (χ0) is 24.6. The van der Waals surface area contributed by atoms with Crippen LogP contribution in [0.25, 0.3) is 0 Å². The first kappa shape index (κ1) is 25.3. The molecule has 178 valence electrons. The summed E-state index contributed by atoms with van der Waals surface area (Å²) in [6, 6.07) is 7.58. The summed E-state index contributed by atoms with van der Waals surface area (Å²) in [4.78, 5) is 31.6. The van der Waals surface area contributed by atoms with Crippen LogP contribution in [-0.2, 0) is 10.4 Å². The average molecular weight is 494 g/mol. The lowest BCUT2D eigenvalue weighted by Gasteiger charge is -2.51. The smallest absolute Gasteiger partial charge is 0.257 e. The van der Waals surface area contributed by atoms with Gasteiger partial charge in [0.15, 0.2) is 0 Å². The van der Waals surface area contributed by atoms with Gasteiger partial charge in [-0.3, -0.25) is 9.59 Å². The monoisotopic (exact) mass is 493 g/mol. The first-order valence-electron chi connectivity index (χ1n) is 10.8. The summed E-state index contributed by atoms with van der Waals surface area (Å²) >= 11 is 11.9. The van der Waals surface area contributed by atoms with E-state index in [4.69, 9.17) is 23.2 Å². The van der Waals surface area contributed by atoms with Crippen LogP contribution in [0.15, 0.2) is 36.5 Å². The maximum atomic E-state index is 13.4. The first-order valence-corrected chi connectivity index (χ1v) is 11.5. The van der Waals surface area contributed by atoms with E-state index in [1.54, 1.807) is 17.0 Å². The number of aromatic hydroxyl groups is 1.